The Morgan fingerprint density at radius 2 is 1.74 bits per heavy atom. The van der Waals surface area contributed by atoms with Crippen LogP contribution in [0.15, 0.2) is 67.1 Å². The number of nitrogens with one attached hydrogen (secondary N) is 2. The number of piperazine rings is 1. The average molecular weight is 677 g/mol. The van der Waals surface area contributed by atoms with Crippen LogP contribution in [-0.2, 0) is 16.6 Å². The second kappa shape index (κ2) is 13.0. The predicted molar refractivity (Wildman–Crippen MR) is 191 cm³/mol. The second-order valence-electron chi connectivity index (χ2n) is 14.2. The van der Waals surface area contributed by atoms with Gasteiger partial charge in [-0.25, -0.2) is 15.4 Å². The molecule has 13 heteroatoms. The van der Waals surface area contributed by atoms with Gasteiger partial charge in [0.15, 0.2) is 5.82 Å². The maximum atomic E-state index is 14.0. The minimum Gasteiger partial charge on any atom is -0.475 e. The number of aryl methyl sites for hydroxylation is 1. The first-order chi connectivity index (χ1) is 24.2. The number of nitrogens with zero attached hydrogens (tertiary/aromatic N) is 8. The molecule has 2 unspecified atom stereocenters. The van der Waals surface area contributed by atoms with Crippen LogP contribution in [0.3, 0.4) is 0 Å². The number of rotatable bonds is 8. The van der Waals surface area contributed by atoms with Crippen molar-refractivity contribution in [1.29, 1.82) is 0 Å². The van der Waals surface area contributed by atoms with Gasteiger partial charge < -0.3 is 24.9 Å². The number of hydrogen-bond donors (Lipinski definition) is 2. The van der Waals surface area contributed by atoms with Crippen molar-refractivity contribution in [2.24, 2.45) is 12.5 Å². The number of fused-ring (bicyclic) bond motifs is 1. The van der Waals surface area contributed by atoms with E-state index in [9.17, 15) is 9.59 Å². The molecular weight excluding hydrogens is 632 g/mol. The van der Waals surface area contributed by atoms with E-state index in [2.05, 4.69) is 53.9 Å². The highest BCUT2D eigenvalue weighted by molar-refractivity contribution is 6.00. The summed E-state index contributed by atoms with van der Waals surface area (Å²) in [6.45, 7) is 9.31. The van der Waals surface area contributed by atoms with Gasteiger partial charge in [-0.05, 0) is 81.3 Å². The molecule has 0 radical (unpaired) electrons. The third-order valence-corrected chi connectivity index (χ3v) is 10.5. The number of amides is 2. The molecule has 260 valence electrons. The van der Waals surface area contributed by atoms with Crippen molar-refractivity contribution in [3.05, 3.63) is 78.2 Å². The summed E-state index contributed by atoms with van der Waals surface area (Å²) in [6.07, 6.45) is 5.17. The number of carbonyl (C=O) groups is 2. The topological polar surface area (TPSA) is 124 Å². The standard InChI is InChI=1S/C37H44N10O3/c1-25(2)50-32-11-6-27(21-38-32)34-30-20-29(9-10-31(30)40-41-34)47-15-13-37(36(47)49)12-14-44(23-37)22-33(48)46-18-16-45(17-19-46)28-7-4-26(5-8-28)35-39-24-43(3)42-35/h4-11,20-21,24-25,34,40-41H,12-19,22-23H2,1-3H3. The van der Waals surface area contributed by atoms with E-state index < -0.39 is 5.41 Å². The van der Waals surface area contributed by atoms with Crippen molar-refractivity contribution in [2.45, 2.75) is 38.8 Å². The SMILES string of the molecule is CC(C)Oc1ccc(C2NNc3ccc(N4CCC5(CCN(CC(=O)N6CCN(c7ccc(-c8ncn(C)n8)cc7)CC6)C5)C4=O)cc32)cn1. The Labute approximate surface area is 292 Å². The zero-order valence-electron chi connectivity index (χ0n) is 28.9. The summed E-state index contributed by atoms with van der Waals surface area (Å²) >= 11 is 0. The van der Waals surface area contributed by atoms with Crippen LogP contribution in [0.2, 0.25) is 0 Å². The van der Waals surface area contributed by atoms with E-state index in [-0.39, 0.29) is 24.0 Å². The smallest absolute Gasteiger partial charge is 0.236 e. The van der Waals surface area contributed by atoms with Crippen molar-refractivity contribution in [2.75, 3.05) is 67.6 Å². The minimum absolute atomic E-state index is 0.0605. The predicted octanol–water partition coefficient (Wildman–Crippen LogP) is 3.46. The highest BCUT2D eigenvalue weighted by atomic mass is 16.5. The molecule has 2 amide bonds. The van der Waals surface area contributed by atoms with Crippen LogP contribution < -0.4 is 25.4 Å². The molecule has 50 heavy (non-hydrogen) atoms. The summed E-state index contributed by atoms with van der Waals surface area (Å²) in [5, 5.41) is 4.38. The lowest BCUT2D eigenvalue weighted by atomic mass is 9.85. The zero-order valence-corrected chi connectivity index (χ0v) is 28.9. The monoisotopic (exact) mass is 676 g/mol. The van der Waals surface area contributed by atoms with Crippen LogP contribution in [0.4, 0.5) is 17.1 Å². The molecule has 4 aliphatic rings. The summed E-state index contributed by atoms with van der Waals surface area (Å²) in [6, 6.07) is 18.3. The molecule has 0 saturated carbocycles. The van der Waals surface area contributed by atoms with Gasteiger partial charge in [0.25, 0.3) is 0 Å². The Bertz CT molecular complexity index is 1870. The largest absolute Gasteiger partial charge is 0.475 e. The van der Waals surface area contributed by atoms with Crippen molar-refractivity contribution >= 4 is 28.9 Å². The first kappa shape index (κ1) is 32.2. The van der Waals surface area contributed by atoms with Gasteiger partial charge in [0, 0.05) is 81.1 Å². The molecule has 2 aromatic heterocycles. The van der Waals surface area contributed by atoms with E-state index in [1.54, 1.807) is 11.0 Å². The van der Waals surface area contributed by atoms with Gasteiger partial charge in [0.1, 0.15) is 6.33 Å². The first-order valence-electron chi connectivity index (χ1n) is 17.6. The van der Waals surface area contributed by atoms with Gasteiger partial charge in [-0.15, -0.1) is 0 Å². The number of ether oxygens (including phenoxy) is 1. The van der Waals surface area contributed by atoms with Gasteiger partial charge in [-0.1, -0.05) is 6.07 Å². The molecule has 6 heterocycles. The Hall–Kier alpha value is -5.01. The summed E-state index contributed by atoms with van der Waals surface area (Å²) in [5.74, 6) is 1.62. The van der Waals surface area contributed by atoms with Gasteiger partial charge in [0.05, 0.1) is 29.8 Å². The van der Waals surface area contributed by atoms with Crippen molar-refractivity contribution < 1.29 is 14.3 Å². The quantitative estimate of drug-likeness (QED) is 0.287. The summed E-state index contributed by atoms with van der Waals surface area (Å²) in [7, 11) is 1.86. The number of pyridine rings is 1. The Morgan fingerprint density at radius 1 is 0.960 bits per heavy atom. The number of carbonyl (C=O) groups excluding carboxylic acids is 2. The van der Waals surface area contributed by atoms with E-state index >= 15 is 0 Å². The Kier molecular flexibility index (Phi) is 8.39. The number of hydrogen-bond acceptors (Lipinski definition) is 10. The summed E-state index contributed by atoms with van der Waals surface area (Å²) in [4.78, 5) is 44.7. The lowest BCUT2D eigenvalue weighted by Gasteiger charge is -2.37. The van der Waals surface area contributed by atoms with Crippen LogP contribution in [0.1, 0.15) is 43.9 Å². The van der Waals surface area contributed by atoms with E-state index in [0.717, 1.165) is 66.2 Å². The molecule has 13 nitrogen and oxygen atoms in total. The molecule has 4 aromatic rings. The number of aromatic nitrogens is 4. The average Bonchev–Trinajstić information content (AvgIpc) is 3.92. The molecule has 1 spiro atoms. The molecular formula is C37H44N10O3. The molecule has 4 aliphatic heterocycles. The molecule has 3 saturated heterocycles. The summed E-state index contributed by atoms with van der Waals surface area (Å²) < 4.78 is 7.42. The maximum Gasteiger partial charge on any atom is 0.236 e. The molecule has 2 N–H and O–H groups in total. The summed E-state index contributed by atoms with van der Waals surface area (Å²) in [5.41, 5.74) is 12.3. The van der Waals surface area contributed by atoms with Gasteiger partial charge in [-0.2, -0.15) is 5.10 Å². The molecule has 8 rings (SSSR count). The minimum atomic E-state index is -0.443. The fraction of sp³-hybridized carbons (Fsp3) is 0.432. The third kappa shape index (κ3) is 6.15. The van der Waals surface area contributed by atoms with Gasteiger partial charge in [-0.3, -0.25) is 19.2 Å². The number of hydrazine groups is 1. The van der Waals surface area contributed by atoms with Crippen LogP contribution in [0, 0.1) is 5.41 Å². The number of likely N-dealkylation sites (tertiary alicyclic amines) is 1. The fourth-order valence-electron chi connectivity index (χ4n) is 7.77. The molecule has 0 bridgehead atoms. The normalized spacial score (nSPS) is 22.1. The molecule has 0 aliphatic carbocycles. The maximum absolute atomic E-state index is 14.0. The van der Waals surface area contributed by atoms with Gasteiger partial charge >= 0.3 is 0 Å². The molecule has 3 fully saturated rings. The van der Waals surface area contributed by atoms with E-state index in [1.807, 2.05) is 73.3 Å². The first-order valence-corrected chi connectivity index (χ1v) is 17.6. The van der Waals surface area contributed by atoms with E-state index in [4.69, 9.17) is 4.74 Å². The van der Waals surface area contributed by atoms with E-state index in [1.165, 1.54) is 0 Å². The van der Waals surface area contributed by atoms with Gasteiger partial charge in [0.2, 0.25) is 17.7 Å². The molecule has 2 atom stereocenters. The number of anilines is 3. The van der Waals surface area contributed by atoms with Crippen molar-refractivity contribution in [3.8, 4) is 17.3 Å². The van der Waals surface area contributed by atoms with Crippen molar-refractivity contribution in [1.82, 2.24) is 35.0 Å². The fourth-order valence-corrected chi connectivity index (χ4v) is 7.77. The lowest BCUT2D eigenvalue weighted by molar-refractivity contribution is -0.133. The third-order valence-electron chi connectivity index (χ3n) is 10.5. The van der Waals surface area contributed by atoms with Crippen LogP contribution in [-0.4, -0.2) is 99.8 Å². The Morgan fingerprint density at radius 3 is 2.46 bits per heavy atom. The highest BCUT2D eigenvalue weighted by Crippen LogP contribution is 2.44. The van der Waals surface area contributed by atoms with Crippen LogP contribution in [0.25, 0.3) is 11.4 Å². The lowest BCUT2D eigenvalue weighted by Crippen LogP contribution is -2.51. The number of benzene rings is 2. The van der Waals surface area contributed by atoms with Crippen LogP contribution >= 0.6 is 0 Å². The van der Waals surface area contributed by atoms with Crippen molar-refractivity contribution in [3.63, 3.8) is 0 Å². The zero-order chi connectivity index (χ0) is 34.4. The Balaban J connectivity index is 0.856. The highest BCUT2D eigenvalue weighted by Gasteiger charge is 2.51. The second-order valence-corrected chi connectivity index (χ2v) is 14.2. The molecule has 2 aromatic carbocycles. The van der Waals surface area contributed by atoms with E-state index in [0.29, 0.717) is 44.4 Å². The van der Waals surface area contributed by atoms with Crippen LogP contribution in [0.5, 0.6) is 5.88 Å².